The van der Waals surface area contributed by atoms with Crippen molar-refractivity contribution in [3.05, 3.63) is 17.0 Å². The molecule has 1 aromatic heterocycles. The van der Waals surface area contributed by atoms with E-state index in [1.165, 1.54) is 39.8 Å². The van der Waals surface area contributed by atoms with E-state index in [0.29, 0.717) is 4.62 Å². The molecule has 0 bridgehead atoms. The molecule has 6 nitrogen and oxygen atoms in total. The Bertz CT molecular complexity index is 469. The van der Waals surface area contributed by atoms with Gasteiger partial charge in [0.1, 0.15) is 4.62 Å². The molecule has 0 saturated carbocycles. The lowest BCUT2D eigenvalue weighted by molar-refractivity contribution is 0.275. The molecule has 0 aliphatic rings. The molecular formula is C9H16O6P2S. The predicted molar refractivity (Wildman–Crippen MR) is 70.9 cm³/mol. The van der Waals surface area contributed by atoms with E-state index in [0.717, 1.165) is 4.88 Å². The molecular weight excluding hydrogens is 298 g/mol. The zero-order valence-corrected chi connectivity index (χ0v) is 13.2. The molecule has 18 heavy (non-hydrogen) atoms. The Balaban J connectivity index is 2.94. The summed E-state index contributed by atoms with van der Waals surface area (Å²) < 4.78 is 44.0. The molecule has 0 fully saturated rings. The second kappa shape index (κ2) is 6.44. The highest BCUT2D eigenvalue weighted by Crippen LogP contribution is 2.52. The largest absolute Gasteiger partial charge is 0.370 e. The van der Waals surface area contributed by atoms with Crippen LogP contribution in [0.1, 0.15) is 4.88 Å². The Morgan fingerprint density at radius 2 is 1.56 bits per heavy atom. The average Bonchev–Trinajstić information content (AvgIpc) is 2.86. The maximum atomic E-state index is 12.1. The molecule has 0 aliphatic carbocycles. The van der Waals surface area contributed by atoms with Gasteiger partial charge in [-0.05, 0) is 12.1 Å². The SMILES string of the molecule is COP(=O)(Cc1ccc(P(=O)(OC)OC)s1)OC. The number of hydrogen-bond donors (Lipinski definition) is 0. The van der Waals surface area contributed by atoms with Crippen LogP contribution in [0.3, 0.4) is 0 Å². The lowest BCUT2D eigenvalue weighted by Crippen LogP contribution is -2.02. The quantitative estimate of drug-likeness (QED) is 0.721. The Hall–Kier alpha value is -0.0000000000000000486. The second-order valence-electron chi connectivity index (χ2n) is 3.24. The van der Waals surface area contributed by atoms with Gasteiger partial charge >= 0.3 is 15.2 Å². The standard InChI is InChI=1S/C9H16O6P2S/c1-12-16(10,13-2)7-8-5-6-9(18-8)17(11,14-3)15-4/h5-6H,7H2,1-4H3. The van der Waals surface area contributed by atoms with E-state index in [4.69, 9.17) is 18.1 Å². The van der Waals surface area contributed by atoms with E-state index >= 15 is 0 Å². The minimum Gasteiger partial charge on any atom is -0.312 e. The topological polar surface area (TPSA) is 71.1 Å². The molecule has 0 aromatic carbocycles. The van der Waals surface area contributed by atoms with E-state index in [9.17, 15) is 9.13 Å². The third-order valence-electron chi connectivity index (χ3n) is 2.30. The van der Waals surface area contributed by atoms with Gasteiger partial charge < -0.3 is 18.1 Å². The van der Waals surface area contributed by atoms with Crippen molar-refractivity contribution in [2.45, 2.75) is 6.16 Å². The monoisotopic (exact) mass is 314 g/mol. The molecule has 0 amide bonds. The molecule has 1 aromatic rings. The fourth-order valence-corrected chi connectivity index (χ4v) is 5.43. The van der Waals surface area contributed by atoms with Gasteiger partial charge in [0.25, 0.3) is 0 Å². The first-order valence-corrected chi connectivity index (χ1v) is 9.03. The first-order valence-electron chi connectivity index (χ1n) is 4.94. The lowest BCUT2D eigenvalue weighted by Gasteiger charge is -2.12. The van der Waals surface area contributed by atoms with E-state index in [2.05, 4.69) is 0 Å². The fourth-order valence-electron chi connectivity index (χ4n) is 1.25. The smallest absolute Gasteiger partial charge is 0.312 e. The summed E-state index contributed by atoms with van der Waals surface area (Å²) in [6.07, 6.45) is 0.123. The fraction of sp³-hybridized carbons (Fsp3) is 0.556. The highest BCUT2D eigenvalue weighted by atomic mass is 32.1. The van der Waals surface area contributed by atoms with Crippen LogP contribution in [0.5, 0.6) is 0 Å². The summed E-state index contributed by atoms with van der Waals surface area (Å²) in [5.74, 6) is 0. The lowest BCUT2D eigenvalue weighted by atomic mass is 10.5. The number of hydrogen-bond acceptors (Lipinski definition) is 7. The first kappa shape index (κ1) is 16.1. The summed E-state index contributed by atoms with van der Waals surface area (Å²) in [5, 5.41) is 0. The van der Waals surface area contributed by atoms with Gasteiger partial charge in [0.2, 0.25) is 0 Å². The highest BCUT2D eigenvalue weighted by molar-refractivity contribution is 7.69. The van der Waals surface area contributed by atoms with Crippen molar-refractivity contribution in [1.29, 1.82) is 0 Å². The van der Waals surface area contributed by atoms with Crippen molar-refractivity contribution < 1.29 is 27.2 Å². The van der Waals surface area contributed by atoms with Crippen LogP contribution in [0.15, 0.2) is 12.1 Å². The van der Waals surface area contributed by atoms with Crippen molar-refractivity contribution >= 4 is 31.1 Å². The summed E-state index contributed by atoms with van der Waals surface area (Å²) in [4.78, 5) is 0.728. The Kier molecular flexibility index (Phi) is 5.74. The molecule has 0 spiro atoms. The first-order chi connectivity index (χ1) is 8.43. The minimum atomic E-state index is -3.25. The van der Waals surface area contributed by atoms with Gasteiger partial charge in [-0.3, -0.25) is 9.13 Å². The molecule has 0 N–H and O–H groups in total. The van der Waals surface area contributed by atoms with Gasteiger partial charge in [-0.1, -0.05) is 0 Å². The second-order valence-corrected chi connectivity index (χ2v) is 9.18. The summed E-state index contributed by atoms with van der Waals surface area (Å²) in [6.45, 7) is 0. The van der Waals surface area contributed by atoms with Gasteiger partial charge in [0.15, 0.2) is 0 Å². The maximum absolute atomic E-state index is 12.1. The predicted octanol–water partition coefficient (Wildman–Crippen LogP) is 2.85. The van der Waals surface area contributed by atoms with Crippen LogP contribution in [0, 0.1) is 0 Å². The maximum Gasteiger partial charge on any atom is 0.370 e. The van der Waals surface area contributed by atoms with E-state index < -0.39 is 15.2 Å². The van der Waals surface area contributed by atoms with Crippen LogP contribution in [-0.2, 0) is 33.4 Å². The van der Waals surface area contributed by atoms with Crippen LogP contribution in [-0.4, -0.2) is 28.4 Å². The van der Waals surface area contributed by atoms with Gasteiger partial charge in [0.05, 0.1) is 6.16 Å². The summed E-state index contributed by atoms with van der Waals surface area (Å²) in [7, 11) is -1.08. The summed E-state index contributed by atoms with van der Waals surface area (Å²) in [5.41, 5.74) is 0. The summed E-state index contributed by atoms with van der Waals surface area (Å²) in [6, 6.07) is 3.33. The third kappa shape index (κ3) is 3.52. The minimum absolute atomic E-state index is 0.123. The Labute approximate surface area is 110 Å². The third-order valence-corrected chi connectivity index (χ3v) is 7.84. The van der Waals surface area contributed by atoms with Crippen molar-refractivity contribution in [3.8, 4) is 0 Å². The zero-order valence-electron chi connectivity index (χ0n) is 10.6. The van der Waals surface area contributed by atoms with E-state index in [1.807, 2.05) is 0 Å². The van der Waals surface area contributed by atoms with Crippen LogP contribution in [0.4, 0.5) is 0 Å². The number of thiophene rings is 1. The van der Waals surface area contributed by atoms with Crippen molar-refractivity contribution in [2.24, 2.45) is 0 Å². The molecule has 0 unspecified atom stereocenters. The average molecular weight is 314 g/mol. The summed E-state index contributed by atoms with van der Waals surface area (Å²) >= 11 is 1.20. The molecule has 0 radical (unpaired) electrons. The van der Waals surface area contributed by atoms with E-state index in [-0.39, 0.29) is 6.16 Å². The van der Waals surface area contributed by atoms with Crippen molar-refractivity contribution in [3.63, 3.8) is 0 Å². The van der Waals surface area contributed by atoms with Gasteiger partial charge in [-0.15, -0.1) is 11.3 Å². The van der Waals surface area contributed by atoms with Crippen LogP contribution < -0.4 is 4.62 Å². The molecule has 1 heterocycles. The molecule has 0 saturated heterocycles. The van der Waals surface area contributed by atoms with Gasteiger partial charge in [-0.25, -0.2) is 0 Å². The van der Waals surface area contributed by atoms with Crippen LogP contribution in [0.2, 0.25) is 0 Å². The van der Waals surface area contributed by atoms with Crippen LogP contribution >= 0.6 is 26.5 Å². The van der Waals surface area contributed by atoms with Crippen molar-refractivity contribution in [1.82, 2.24) is 0 Å². The normalized spacial score (nSPS) is 12.9. The molecule has 104 valence electrons. The van der Waals surface area contributed by atoms with Crippen molar-refractivity contribution in [2.75, 3.05) is 28.4 Å². The zero-order chi connectivity index (χ0) is 13.8. The highest BCUT2D eigenvalue weighted by Gasteiger charge is 2.29. The number of rotatable bonds is 7. The molecule has 0 atom stereocenters. The van der Waals surface area contributed by atoms with E-state index in [1.54, 1.807) is 12.1 Å². The Morgan fingerprint density at radius 3 is 2.00 bits per heavy atom. The van der Waals surface area contributed by atoms with Gasteiger partial charge in [-0.2, -0.15) is 0 Å². The van der Waals surface area contributed by atoms with Gasteiger partial charge in [0, 0.05) is 33.3 Å². The Morgan fingerprint density at radius 1 is 1.00 bits per heavy atom. The van der Waals surface area contributed by atoms with Crippen LogP contribution in [0.25, 0.3) is 0 Å². The molecule has 1 rings (SSSR count). The molecule has 9 heteroatoms. The molecule has 0 aliphatic heterocycles.